The van der Waals surface area contributed by atoms with Gasteiger partial charge in [0.25, 0.3) is 0 Å². The van der Waals surface area contributed by atoms with Crippen molar-refractivity contribution in [3.8, 4) is 5.75 Å². The van der Waals surface area contributed by atoms with E-state index in [1.807, 2.05) is 0 Å². The Bertz CT molecular complexity index is 469. The minimum absolute atomic E-state index is 0.0126. The van der Waals surface area contributed by atoms with Gasteiger partial charge in [0.05, 0.1) is 25.4 Å². The summed E-state index contributed by atoms with van der Waals surface area (Å²) in [6.07, 6.45) is 0. The van der Waals surface area contributed by atoms with E-state index >= 15 is 0 Å². The Morgan fingerprint density at radius 2 is 1.75 bits per heavy atom. The van der Waals surface area contributed by atoms with Gasteiger partial charge in [0.1, 0.15) is 17.9 Å². The van der Waals surface area contributed by atoms with Crippen LogP contribution in [0.15, 0.2) is 18.2 Å². The standard InChI is InChI=1S/C14H18O6/c1-3-18-13(16)10-6-5-7-11(20-9-8-15)12(10)14(17)19-4-2/h5-7,15H,3-4,8-9H2,1-2H3. The minimum Gasteiger partial charge on any atom is -0.490 e. The first-order valence-corrected chi connectivity index (χ1v) is 6.36. The number of rotatable bonds is 7. The second kappa shape index (κ2) is 8.16. The number of benzene rings is 1. The van der Waals surface area contributed by atoms with Crippen LogP contribution in [0.25, 0.3) is 0 Å². The van der Waals surface area contributed by atoms with Gasteiger partial charge in [-0.15, -0.1) is 0 Å². The van der Waals surface area contributed by atoms with Gasteiger partial charge in [-0.05, 0) is 26.0 Å². The van der Waals surface area contributed by atoms with Crippen molar-refractivity contribution in [3.05, 3.63) is 29.3 Å². The second-order valence-corrected chi connectivity index (χ2v) is 3.69. The van der Waals surface area contributed by atoms with Crippen molar-refractivity contribution < 1.29 is 28.9 Å². The van der Waals surface area contributed by atoms with Crippen LogP contribution < -0.4 is 4.74 Å². The molecule has 110 valence electrons. The van der Waals surface area contributed by atoms with E-state index in [1.54, 1.807) is 19.9 Å². The van der Waals surface area contributed by atoms with Crippen molar-refractivity contribution >= 4 is 11.9 Å². The molecule has 0 aliphatic rings. The molecule has 0 radical (unpaired) electrons. The molecule has 0 aromatic heterocycles. The molecule has 0 amide bonds. The van der Waals surface area contributed by atoms with E-state index in [4.69, 9.17) is 19.3 Å². The smallest absolute Gasteiger partial charge is 0.342 e. The van der Waals surface area contributed by atoms with Crippen LogP contribution in [0.3, 0.4) is 0 Å². The van der Waals surface area contributed by atoms with Crippen molar-refractivity contribution in [1.29, 1.82) is 0 Å². The Morgan fingerprint density at radius 3 is 2.35 bits per heavy atom. The first-order chi connectivity index (χ1) is 9.65. The lowest BCUT2D eigenvalue weighted by molar-refractivity contribution is 0.0474. The van der Waals surface area contributed by atoms with Crippen LogP contribution in [0.2, 0.25) is 0 Å². The van der Waals surface area contributed by atoms with E-state index in [0.29, 0.717) is 0 Å². The van der Waals surface area contributed by atoms with E-state index < -0.39 is 11.9 Å². The highest BCUT2D eigenvalue weighted by Crippen LogP contribution is 2.24. The third-order valence-corrected chi connectivity index (χ3v) is 2.35. The summed E-state index contributed by atoms with van der Waals surface area (Å²) in [5.41, 5.74) is 0.0991. The fourth-order valence-electron chi connectivity index (χ4n) is 1.60. The zero-order valence-electron chi connectivity index (χ0n) is 11.5. The summed E-state index contributed by atoms with van der Waals surface area (Å²) in [6, 6.07) is 4.57. The summed E-state index contributed by atoms with van der Waals surface area (Å²) in [6.45, 7) is 3.52. The molecule has 6 heteroatoms. The topological polar surface area (TPSA) is 82.1 Å². The maximum atomic E-state index is 12.0. The van der Waals surface area contributed by atoms with E-state index in [9.17, 15) is 9.59 Å². The number of carbonyl (C=O) groups is 2. The largest absolute Gasteiger partial charge is 0.490 e. The predicted molar refractivity (Wildman–Crippen MR) is 70.9 cm³/mol. The Balaban J connectivity index is 3.20. The molecule has 0 aliphatic heterocycles. The van der Waals surface area contributed by atoms with Crippen LogP contribution in [0.4, 0.5) is 0 Å². The number of aliphatic hydroxyl groups is 1. The number of esters is 2. The average molecular weight is 282 g/mol. The van der Waals surface area contributed by atoms with Gasteiger partial charge in [-0.1, -0.05) is 6.07 Å². The number of aliphatic hydroxyl groups excluding tert-OH is 1. The number of hydrogen-bond acceptors (Lipinski definition) is 6. The summed E-state index contributed by atoms with van der Waals surface area (Å²) < 4.78 is 15.1. The maximum absolute atomic E-state index is 12.0. The zero-order chi connectivity index (χ0) is 15.0. The van der Waals surface area contributed by atoms with Crippen molar-refractivity contribution in [2.45, 2.75) is 13.8 Å². The maximum Gasteiger partial charge on any atom is 0.342 e. The SMILES string of the molecule is CCOC(=O)c1cccc(OCCO)c1C(=O)OCC. The Hall–Kier alpha value is -2.08. The molecule has 0 aliphatic carbocycles. The molecule has 6 nitrogen and oxygen atoms in total. The van der Waals surface area contributed by atoms with Crippen LogP contribution in [0.1, 0.15) is 34.6 Å². The molecular formula is C14H18O6. The molecular weight excluding hydrogens is 264 g/mol. The van der Waals surface area contributed by atoms with Gasteiger partial charge in [-0.3, -0.25) is 0 Å². The Labute approximate surface area is 117 Å². The van der Waals surface area contributed by atoms with Crippen molar-refractivity contribution in [1.82, 2.24) is 0 Å². The number of hydrogen-bond donors (Lipinski definition) is 1. The zero-order valence-corrected chi connectivity index (χ0v) is 11.5. The van der Waals surface area contributed by atoms with Crippen LogP contribution in [-0.4, -0.2) is 43.5 Å². The van der Waals surface area contributed by atoms with E-state index in [1.165, 1.54) is 12.1 Å². The molecule has 0 fully saturated rings. The monoisotopic (exact) mass is 282 g/mol. The summed E-state index contributed by atoms with van der Waals surface area (Å²) >= 11 is 0. The first kappa shape index (κ1) is 16.0. The van der Waals surface area contributed by atoms with E-state index in [2.05, 4.69) is 0 Å². The lowest BCUT2D eigenvalue weighted by atomic mass is 10.1. The van der Waals surface area contributed by atoms with Gasteiger partial charge >= 0.3 is 11.9 Å². The summed E-state index contributed by atoms with van der Waals surface area (Å²) in [5, 5.41) is 8.79. The second-order valence-electron chi connectivity index (χ2n) is 3.69. The van der Waals surface area contributed by atoms with Crippen LogP contribution in [0, 0.1) is 0 Å². The molecule has 0 atom stereocenters. The molecule has 1 aromatic rings. The fraction of sp³-hybridized carbons (Fsp3) is 0.429. The van der Waals surface area contributed by atoms with Gasteiger partial charge in [-0.25, -0.2) is 9.59 Å². The molecule has 0 saturated heterocycles. The van der Waals surface area contributed by atoms with Gasteiger partial charge in [-0.2, -0.15) is 0 Å². The normalized spacial score (nSPS) is 9.95. The molecule has 0 bridgehead atoms. The Kier molecular flexibility index (Phi) is 6.52. The van der Waals surface area contributed by atoms with Crippen molar-refractivity contribution in [2.24, 2.45) is 0 Å². The summed E-state index contributed by atoms with van der Waals surface area (Å²) in [5.74, 6) is -1.10. The summed E-state index contributed by atoms with van der Waals surface area (Å²) in [7, 11) is 0. The molecule has 0 saturated carbocycles. The molecule has 1 N–H and O–H groups in total. The van der Waals surface area contributed by atoms with Gasteiger partial charge in [0.15, 0.2) is 0 Å². The highest BCUT2D eigenvalue weighted by molar-refractivity contribution is 6.05. The quantitative estimate of drug-likeness (QED) is 0.761. The number of carbonyl (C=O) groups excluding carboxylic acids is 2. The molecule has 20 heavy (non-hydrogen) atoms. The minimum atomic E-state index is -0.663. The van der Waals surface area contributed by atoms with Gasteiger partial charge < -0.3 is 19.3 Å². The Morgan fingerprint density at radius 1 is 1.10 bits per heavy atom. The predicted octanol–water partition coefficient (Wildman–Crippen LogP) is 1.41. The van der Waals surface area contributed by atoms with E-state index in [-0.39, 0.29) is 43.3 Å². The van der Waals surface area contributed by atoms with Crippen LogP contribution >= 0.6 is 0 Å². The van der Waals surface area contributed by atoms with Crippen LogP contribution in [0.5, 0.6) is 5.75 Å². The molecule has 1 aromatic carbocycles. The lowest BCUT2D eigenvalue weighted by Gasteiger charge is -2.13. The fourth-order valence-corrected chi connectivity index (χ4v) is 1.60. The van der Waals surface area contributed by atoms with Gasteiger partial charge in [0.2, 0.25) is 0 Å². The molecule has 0 spiro atoms. The lowest BCUT2D eigenvalue weighted by Crippen LogP contribution is -2.16. The van der Waals surface area contributed by atoms with Crippen molar-refractivity contribution in [3.63, 3.8) is 0 Å². The van der Waals surface area contributed by atoms with E-state index in [0.717, 1.165) is 0 Å². The van der Waals surface area contributed by atoms with Crippen molar-refractivity contribution in [2.75, 3.05) is 26.4 Å². The number of ether oxygens (including phenoxy) is 3. The third kappa shape index (κ3) is 3.96. The van der Waals surface area contributed by atoms with Crippen LogP contribution in [-0.2, 0) is 9.47 Å². The molecule has 1 rings (SSSR count). The highest BCUT2D eigenvalue weighted by Gasteiger charge is 2.23. The summed E-state index contributed by atoms with van der Waals surface area (Å²) in [4.78, 5) is 23.9. The third-order valence-electron chi connectivity index (χ3n) is 2.35. The molecule has 0 heterocycles. The first-order valence-electron chi connectivity index (χ1n) is 6.36. The highest BCUT2D eigenvalue weighted by atomic mass is 16.5. The molecule has 0 unspecified atom stereocenters. The van der Waals surface area contributed by atoms with Gasteiger partial charge in [0, 0.05) is 0 Å². The average Bonchev–Trinajstić information content (AvgIpc) is 2.45.